The first-order valence-corrected chi connectivity index (χ1v) is 7.97. The maximum absolute atomic E-state index is 13.0. The molecule has 0 spiro atoms. The summed E-state index contributed by atoms with van der Waals surface area (Å²) < 4.78 is 50.3. The first kappa shape index (κ1) is 18.8. The van der Waals surface area contributed by atoms with Gasteiger partial charge in [0.15, 0.2) is 11.5 Å². The average Bonchev–Trinajstić information content (AvgIpc) is 2.59. The highest BCUT2D eigenvalue weighted by atomic mass is 19.4. The van der Waals surface area contributed by atoms with Gasteiger partial charge in [-0.3, -0.25) is 4.79 Å². The Morgan fingerprint density at radius 3 is 2.44 bits per heavy atom. The Kier molecular flexibility index (Phi) is 6.07. The Labute approximate surface area is 144 Å². The average molecular weight is 352 g/mol. The van der Waals surface area contributed by atoms with Gasteiger partial charge in [0.25, 0.3) is 0 Å². The lowest BCUT2D eigenvalue weighted by Gasteiger charge is -2.17. The number of hydrogen-bond donors (Lipinski definition) is 0. The lowest BCUT2D eigenvalue weighted by atomic mass is 9.99. The zero-order valence-electron chi connectivity index (χ0n) is 14.0. The van der Waals surface area contributed by atoms with Crippen LogP contribution in [-0.4, -0.2) is 19.5 Å². The molecule has 0 aromatic heterocycles. The molecule has 0 atom stereocenters. The zero-order valence-corrected chi connectivity index (χ0v) is 14.0. The number of alkyl halides is 3. The van der Waals surface area contributed by atoms with Crippen molar-refractivity contribution in [3.05, 3.63) is 47.5 Å². The minimum atomic E-state index is -4.45. The van der Waals surface area contributed by atoms with Gasteiger partial charge in [0, 0.05) is 11.1 Å². The Morgan fingerprint density at radius 2 is 1.84 bits per heavy atom. The van der Waals surface area contributed by atoms with Crippen molar-refractivity contribution >= 4 is 6.29 Å². The molecule has 0 saturated carbocycles. The molecule has 3 nitrogen and oxygen atoms in total. The van der Waals surface area contributed by atoms with Crippen molar-refractivity contribution in [2.45, 2.75) is 26.4 Å². The van der Waals surface area contributed by atoms with Crippen LogP contribution >= 0.6 is 0 Å². The fourth-order valence-electron chi connectivity index (χ4n) is 2.38. The molecule has 2 rings (SSSR count). The highest BCUT2D eigenvalue weighted by Crippen LogP contribution is 2.41. The third-order valence-corrected chi connectivity index (χ3v) is 3.46. The number of rotatable bonds is 7. The van der Waals surface area contributed by atoms with Gasteiger partial charge < -0.3 is 9.47 Å². The van der Waals surface area contributed by atoms with Crippen LogP contribution in [0.4, 0.5) is 13.2 Å². The molecule has 0 fully saturated rings. The van der Waals surface area contributed by atoms with Gasteiger partial charge in [-0.25, -0.2) is 0 Å². The Bertz CT molecular complexity index is 739. The molecule has 0 saturated heterocycles. The standard InChI is InChI=1S/C19H19F3O3/c1-3-8-25-18-16(9-13(12-23)10-17(18)24-4-2)14-6-5-7-15(11-14)19(20,21)22/h5-7,9-12H,3-4,8H2,1-2H3. The van der Waals surface area contributed by atoms with E-state index in [0.717, 1.165) is 18.6 Å². The Balaban J connectivity index is 2.65. The number of carbonyl (C=O) groups excluding carboxylic acids is 1. The normalized spacial score (nSPS) is 11.2. The van der Waals surface area contributed by atoms with E-state index in [4.69, 9.17) is 9.47 Å². The molecular formula is C19H19F3O3. The molecule has 0 aliphatic carbocycles. The summed E-state index contributed by atoms with van der Waals surface area (Å²) in [4.78, 5) is 11.2. The largest absolute Gasteiger partial charge is 0.490 e. The highest BCUT2D eigenvalue weighted by Gasteiger charge is 2.30. The predicted molar refractivity (Wildman–Crippen MR) is 89.2 cm³/mol. The summed E-state index contributed by atoms with van der Waals surface area (Å²) in [5.41, 5.74) is 0.249. The third kappa shape index (κ3) is 4.53. The van der Waals surface area contributed by atoms with Crippen LogP contribution in [0.5, 0.6) is 11.5 Å². The molecule has 0 bridgehead atoms. The van der Waals surface area contributed by atoms with Crippen LogP contribution in [0.15, 0.2) is 36.4 Å². The van der Waals surface area contributed by atoms with Crippen LogP contribution in [0, 0.1) is 0 Å². The number of halogens is 3. The molecule has 134 valence electrons. The first-order chi connectivity index (χ1) is 11.9. The van der Waals surface area contributed by atoms with Gasteiger partial charge >= 0.3 is 6.18 Å². The summed E-state index contributed by atoms with van der Waals surface area (Å²) in [6.07, 6.45) is -3.10. The molecule has 0 amide bonds. The van der Waals surface area contributed by atoms with E-state index in [1.54, 1.807) is 13.0 Å². The van der Waals surface area contributed by atoms with Gasteiger partial charge in [-0.1, -0.05) is 19.1 Å². The van der Waals surface area contributed by atoms with Crippen molar-refractivity contribution < 1.29 is 27.4 Å². The van der Waals surface area contributed by atoms with E-state index in [1.807, 2.05) is 6.92 Å². The summed E-state index contributed by atoms with van der Waals surface area (Å²) in [6, 6.07) is 7.96. The maximum Gasteiger partial charge on any atom is 0.416 e. The van der Waals surface area contributed by atoms with Crippen molar-refractivity contribution in [1.29, 1.82) is 0 Å². The lowest BCUT2D eigenvalue weighted by Crippen LogP contribution is -2.05. The molecule has 2 aromatic carbocycles. The van der Waals surface area contributed by atoms with Gasteiger partial charge in [-0.05, 0) is 43.2 Å². The van der Waals surface area contributed by atoms with Crippen LogP contribution < -0.4 is 9.47 Å². The molecule has 0 aliphatic rings. The van der Waals surface area contributed by atoms with E-state index < -0.39 is 11.7 Å². The van der Waals surface area contributed by atoms with E-state index >= 15 is 0 Å². The predicted octanol–water partition coefficient (Wildman–Crippen LogP) is 5.37. The second kappa shape index (κ2) is 8.05. The molecule has 2 aromatic rings. The number of benzene rings is 2. The molecule has 25 heavy (non-hydrogen) atoms. The highest BCUT2D eigenvalue weighted by molar-refractivity contribution is 5.84. The number of aldehydes is 1. The van der Waals surface area contributed by atoms with Gasteiger partial charge in [-0.15, -0.1) is 0 Å². The van der Waals surface area contributed by atoms with E-state index in [-0.39, 0.29) is 0 Å². The summed E-state index contributed by atoms with van der Waals surface area (Å²) in [5.74, 6) is 0.682. The monoisotopic (exact) mass is 352 g/mol. The van der Waals surface area contributed by atoms with Crippen molar-refractivity contribution in [3.63, 3.8) is 0 Å². The summed E-state index contributed by atoms with van der Waals surface area (Å²) in [6.45, 7) is 4.42. The van der Waals surface area contributed by atoms with Crippen molar-refractivity contribution in [2.75, 3.05) is 13.2 Å². The number of carbonyl (C=O) groups is 1. The quantitative estimate of drug-likeness (QED) is 0.628. The van der Waals surface area contributed by atoms with Crippen molar-refractivity contribution in [1.82, 2.24) is 0 Å². The minimum absolute atomic E-state index is 0.305. The maximum atomic E-state index is 13.0. The van der Waals surface area contributed by atoms with Crippen LogP contribution in [0.2, 0.25) is 0 Å². The Morgan fingerprint density at radius 1 is 1.08 bits per heavy atom. The smallest absolute Gasteiger partial charge is 0.416 e. The fourth-order valence-corrected chi connectivity index (χ4v) is 2.38. The van der Waals surface area contributed by atoms with E-state index in [9.17, 15) is 18.0 Å². The summed E-state index contributed by atoms with van der Waals surface area (Å²) in [7, 11) is 0. The molecule has 0 radical (unpaired) electrons. The van der Waals surface area contributed by atoms with Crippen molar-refractivity contribution in [3.8, 4) is 22.6 Å². The second-order valence-corrected chi connectivity index (χ2v) is 5.37. The molecule has 0 N–H and O–H groups in total. The third-order valence-electron chi connectivity index (χ3n) is 3.46. The van der Waals surface area contributed by atoms with Gasteiger partial charge in [0.05, 0.1) is 18.8 Å². The SMILES string of the molecule is CCCOc1c(OCC)cc(C=O)cc1-c1cccc(C(F)(F)F)c1. The minimum Gasteiger partial charge on any atom is -0.490 e. The molecule has 0 unspecified atom stereocenters. The Hall–Kier alpha value is -2.50. The molecular weight excluding hydrogens is 333 g/mol. The molecule has 0 heterocycles. The number of hydrogen-bond acceptors (Lipinski definition) is 3. The van der Waals surface area contributed by atoms with Crippen LogP contribution in [0.3, 0.4) is 0 Å². The van der Waals surface area contributed by atoms with Crippen molar-refractivity contribution in [2.24, 2.45) is 0 Å². The van der Waals surface area contributed by atoms with E-state index in [2.05, 4.69) is 0 Å². The van der Waals surface area contributed by atoms with E-state index in [0.29, 0.717) is 47.7 Å². The number of ether oxygens (including phenoxy) is 2. The van der Waals surface area contributed by atoms with Gasteiger partial charge in [0.2, 0.25) is 0 Å². The summed E-state index contributed by atoms with van der Waals surface area (Å²) in [5, 5.41) is 0. The van der Waals surface area contributed by atoms with Gasteiger partial charge in [0.1, 0.15) is 6.29 Å². The summed E-state index contributed by atoms with van der Waals surface area (Å²) >= 11 is 0. The first-order valence-electron chi connectivity index (χ1n) is 7.97. The second-order valence-electron chi connectivity index (χ2n) is 5.37. The van der Waals surface area contributed by atoms with Crippen LogP contribution in [0.25, 0.3) is 11.1 Å². The lowest BCUT2D eigenvalue weighted by molar-refractivity contribution is -0.137. The van der Waals surface area contributed by atoms with Gasteiger partial charge in [-0.2, -0.15) is 13.2 Å². The fraction of sp³-hybridized carbons (Fsp3) is 0.316. The zero-order chi connectivity index (χ0) is 18.4. The topological polar surface area (TPSA) is 35.5 Å². The van der Waals surface area contributed by atoms with E-state index in [1.165, 1.54) is 18.2 Å². The van der Waals surface area contributed by atoms with Crippen LogP contribution in [0.1, 0.15) is 36.2 Å². The molecule has 6 heteroatoms. The van der Waals surface area contributed by atoms with Crippen LogP contribution in [-0.2, 0) is 6.18 Å². The molecule has 0 aliphatic heterocycles.